The molecule has 0 heterocycles. The normalized spacial score (nSPS) is 11.3. The molecule has 0 aliphatic heterocycles. The van der Waals surface area contributed by atoms with Crippen LogP contribution in [0.1, 0.15) is 31.4 Å². The number of nitrogens with zero attached hydrogens (tertiary/aromatic N) is 2. The average molecular weight is 630 g/mol. The quantitative estimate of drug-likeness (QED) is 0.204. The largest absolute Gasteiger partial charge is 0.357 e. The molecule has 0 bridgehead atoms. The SMILES string of the molecule is CCC(C)[B-](c1ccccc1)(c1ccccc1)c1ccccc1.N#Cc1ccc([I+]c2ccc(C#N)cc2)cc1. The summed E-state index contributed by atoms with van der Waals surface area (Å²) in [7, 11) is 0. The summed E-state index contributed by atoms with van der Waals surface area (Å²) in [6.07, 6.45) is 0.177. The number of hydrogen-bond acceptors (Lipinski definition) is 2. The lowest BCUT2D eigenvalue weighted by Crippen LogP contribution is -3.61. The Balaban J connectivity index is 0.000000194. The number of halogens is 1. The van der Waals surface area contributed by atoms with E-state index < -0.39 is 6.15 Å². The summed E-state index contributed by atoms with van der Waals surface area (Å²) in [6.45, 7) is 4.70. The molecule has 0 aliphatic carbocycles. The first-order valence-corrected chi connectivity index (χ1v) is 15.7. The van der Waals surface area contributed by atoms with Crippen molar-refractivity contribution >= 4 is 22.5 Å². The van der Waals surface area contributed by atoms with Crippen LogP contribution in [0.3, 0.4) is 0 Å². The van der Waals surface area contributed by atoms with Crippen LogP contribution in [-0.2, 0) is 0 Å². The zero-order valence-corrected chi connectivity index (χ0v) is 25.1. The first-order valence-electron chi connectivity index (χ1n) is 13.6. The van der Waals surface area contributed by atoms with Gasteiger partial charge in [0.25, 0.3) is 0 Å². The van der Waals surface area contributed by atoms with Crippen LogP contribution in [0.15, 0.2) is 140 Å². The van der Waals surface area contributed by atoms with Gasteiger partial charge in [0.05, 0.1) is 29.4 Å². The molecule has 0 N–H and O–H groups in total. The second-order valence-electron chi connectivity index (χ2n) is 9.88. The van der Waals surface area contributed by atoms with E-state index in [2.05, 4.69) is 117 Å². The van der Waals surface area contributed by atoms with Gasteiger partial charge in [-0.1, -0.05) is 111 Å². The van der Waals surface area contributed by atoms with Gasteiger partial charge in [0.1, 0.15) is 0 Å². The minimum absolute atomic E-state index is 0.226. The van der Waals surface area contributed by atoms with E-state index in [1.54, 1.807) is 0 Å². The molecule has 0 aromatic heterocycles. The molecule has 5 aromatic rings. The average Bonchev–Trinajstić information content (AvgIpc) is 3.04. The molecule has 2 nitrogen and oxygen atoms in total. The summed E-state index contributed by atoms with van der Waals surface area (Å²) in [4.78, 5) is 0. The predicted octanol–water partition coefficient (Wildman–Crippen LogP) is 3.52. The third-order valence-electron chi connectivity index (χ3n) is 7.64. The molecular weight excluding hydrogens is 598 g/mol. The molecule has 1 unspecified atom stereocenters. The van der Waals surface area contributed by atoms with Crippen LogP contribution in [0.25, 0.3) is 0 Å². The van der Waals surface area contributed by atoms with Crippen LogP contribution in [0.5, 0.6) is 0 Å². The molecular formula is C36H32BIN2. The van der Waals surface area contributed by atoms with Gasteiger partial charge in [0.2, 0.25) is 0 Å². The topological polar surface area (TPSA) is 47.6 Å². The lowest BCUT2D eigenvalue weighted by atomic mass is 9.10. The molecule has 0 saturated heterocycles. The molecule has 0 saturated carbocycles. The van der Waals surface area contributed by atoms with Crippen molar-refractivity contribution in [2.75, 3.05) is 0 Å². The molecule has 5 aromatic carbocycles. The van der Waals surface area contributed by atoms with Crippen molar-refractivity contribution in [3.8, 4) is 12.1 Å². The molecule has 0 amide bonds. The highest BCUT2D eigenvalue weighted by Gasteiger charge is 2.33. The summed E-state index contributed by atoms with van der Waals surface area (Å²) in [5.74, 6) is 0.558. The predicted molar refractivity (Wildman–Crippen MR) is 163 cm³/mol. The standard InChI is InChI=1S/C22H24B.C14H8IN2/c1-3-19(2)23(20-13-7-4-8-14-20,21-15-9-5-10-16-21)22-17-11-6-12-18-22;16-9-11-1-5-13(6-2-11)15-14-7-3-12(10-17)4-8-14/h4-19H,3H2,1-2H3;1-8H/q-1;+1. The van der Waals surface area contributed by atoms with Crippen LogP contribution in [0.2, 0.25) is 5.82 Å². The lowest BCUT2D eigenvalue weighted by molar-refractivity contribution is -0.597. The van der Waals surface area contributed by atoms with Crippen molar-refractivity contribution < 1.29 is 21.2 Å². The highest BCUT2D eigenvalue weighted by Crippen LogP contribution is 2.25. The Morgan fingerprint density at radius 1 is 0.550 bits per heavy atom. The molecule has 0 spiro atoms. The van der Waals surface area contributed by atoms with Crippen molar-refractivity contribution in [3.05, 3.63) is 158 Å². The van der Waals surface area contributed by atoms with E-state index in [1.165, 1.54) is 23.5 Å². The third kappa shape index (κ3) is 6.71. The molecule has 196 valence electrons. The van der Waals surface area contributed by atoms with E-state index >= 15 is 0 Å². The van der Waals surface area contributed by atoms with Crippen molar-refractivity contribution in [3.63, 3.8) is 0 Å². The highest BCUT2D eigenvalue weighted by atomic mass is 127. The van der Waals surface area contributed by atoms with Crippen LogP contribution < -0.4 is 37.6 Å². The van der Waals surface area contributed by atoms with Crippen molar-refractivity contribution in [1.29, 1.82) is 10.5 Å². The zero-order chi connectivity index (χ0) is 28.2. The van der Waals surface area contributed by atoms with E-state index in [1.807, 2.05) is 48.5 Å². The Kier molecular flexibility index (Phi) is 10.3. The van der Waals surface area contributed by atoms with E-state index in [9.17, 15) is 0 Å². The Labute approximate surface area is 249 Å². The second kappa shape index (κ2) is 14.3. The molecule has 40 heavy (non-hydrogen) atoms. The molecule has 0 radical (unpaired) electrons. The Morgan fingerprint density at radius 2 is 0.875 bits per heavy atom. The molecule has 0 fully saturated rings. The van der Waals surface area contributed by atoms with E-state index in [0.29, 0.717) is 16.9 Å². The van der Waals surface area contributed by atoms with Gasteiger partial charge < -0.3 is 0 Å². The van der Waals surface area contributed by atoms with Gasteiger partial charge in [-0.05, 0) is 48.5 Å². The monoisotopic (exact) mass is 630 g/mol. The summed E-state index contributed by atoms with van der Waals surface area (Å²) in [5.41, 5.74) is 5.67. The molecule has 5 rings (SSSR count). The molecule has 0 aliphatic rings. The van der Waals surface area contributed by atoms with Crippen LogP contribution in [-0.4, -0.2) is 6.15 Å². The number of nitriles is 2. The van der Waals surface area contributed by atoms with E-state index in [-0.39, 0.29) is 21.2 Å². The van der Waals surface area contributed by atoms with Crippen LogP contribution in [0.4, 0.5) is 0 Å². The molecule has 4 heteroatoms. The summed E-state index contributed by atoms with van der Waals surface area (Å²) < 4.78 is 2.54. The Bertz CT molecular complexity index is 1400. The second-order valence-corrected chi connectivity index (χ2v) is 12.9. The first-order chi connectivity index (χ1) is 19.6. The number of hydrogen-bond donors (Lipinski definition) is 0. The maximum Gasteiger partial charge on any atom is 0.357 e. The van der Waals surface area contributed by atoms with Gasteiger partial charge >= 0.3 is 21.2 Å². The summed E-state index contributed by atoms with van der Waals surface area (Å²) in [5, 5.41) is 17.4. The van der Waals surface area contributed by atoms with Crippen LogP contribution >= 0.6 is 0 Å². The van der Waals surface area contributed by atoms with Gasteiger partial charge in [-0.2, -0.15) is 32.7 Å². The van der Waals surface area contributed by atoms with Gasteiger partial charge in [-0.25, -0.2) is 0 Å². The first kappa shape index (κ1) is 28.9. The number of rotatable bonds is 7. The molecule has 1 atom stereocenters. The van der Waals surface area contributed by atoms with Crippen molar-refractivity contribution in [1.82, 2.24) is 0 Å². The number of benzene rings is 5. The fraction of sp³-hybridized carbons (Fsp3) is 0.111. The maximum atomic E-state index is 8.70. The van der Waals surface area contributed by atoms with Gasteiger partial charge in [0.15, 0.2) is 7.14 Å². The van der Waals surface area contributed by atoms with Gasteiger partial charge in [0, 0.05) is 0 Å². The summed E-state index contributed by atoms with van der Waals surface area (Å²) >= 11 is -0.226. The Morgan fingerprint density at radius 3 is 1.15 bits per heavy atom. The minimum Gasteiger partial charge on any atom is -0.200 e. The maximum absolute atomic E-state index is 8.70. The fourth-order valence-electron chi connectivity index (χ4n) is 5.49. The lowest BCUT2D eigenvalue weighted by Gasteiger charge is -2.48. The van der Waals surface area contributed by atoms with E-state index in [0.717, 1.165) is 6.42 Å². The highest BCUT2D eigenvalue weighted by molar-refractivity contribution is 7.12. The smallest absolute Gasteiger partial charge is 0.200 e. The van der Waals surface area contributed by atoms with E-state index in [4.69, 9.17) is 10.5 Å². The Hall–Kier alpha value is -4.13. The summed E-state index contributed by atoms with van der Waals surface area (Å²) in [6, 6.07) is 52.7. The van der Waals surface area contributed by atoms with Crippen LogP contribution in [0, 0.1) is 29.8 Å². The van der Waals surface area contributed by atoms with Crippen molar-refractivity contribution in [2.45, 2.75) is 26.1 Å². The van der Waals surface area contributed by atoms with Crippen molar-refractivity contribution in [2.24, 2.45) is 0 Å². The fourth-order valence-corrected chi connectivity index (χ4v) is 7.64. The minimum atomic E-state index is -0.974. The van der Waals surface area contributed by atoms with Gasteiger partial charge in [-0.15, -0.1) is 0 Å². The van der Waals surface area contributed by atoms with Gasteiger partial charge in [-0.3, -0.25) is 0 Å². The third-order valence-corrected chi connectivity index (χ3v) is 10.3. The zero-order valence-electron chi connectivity index (χ0n) is 22.9.